The van der Waals surface area contributed by atoms with Gasteiger partial charge in [-0.1, -0.05) is 37.6 Å². The maximum Gasteiger partial charge on any atom is 0.315 e. The van der Waals surface area contributed by atoms with E-state index in [1.165, 1.54) is 5.56 Å². The molecule has 0 saturated heterocycles. The summed E-state index contributed by atoms with van der Waals surface area (Å²) in [5, 5.41) is 6.05. The third-order valence-electron chi connectivity index (χ3n) is 4.99. The van der Waals surface area contributed by atoms with Crippen molar-refractivity contribution in [3.63, 3.8) is 0 Å². The number of fused-ring (bicyclic) bond motifs is 1. The Bertz CT molecular complexity index is 851. The molecule has 0 saturated carbocycles. The van der Waals surface area contributed by atoms with Crippen LogP contribution in [-0.2, 0) is 6.42 Å². The van der Waals surface area contributed by atoms with Crippen molar-refractivity contribution in [3.8, 4) is 17.2 Å². The van der Waals surface area contributed by atoms with E-state index in [1.54, 1.807) is 7.11 Å². The number of ether oxygens (including phenoxy) is 3. The van der Waals surface area contributed by atoms with Gasteiger partial charge in [0.05, 0.1) is 13.2 Å². The first-order valence-electron chi connectivity index (χ1n) is 10.1. The summed E-state index contributed by atoms with van der Waals surface area (Å²) in [5.74, 6) is 2.54. The van der Waals surface area contributed by atoms with Gasteiger partial charge in [0.15, 0.2) is 11.5 Å². The first-order valence-corrected chi connectivity index (χ1v) is 10.1. The number of carbonyl (C=O) groups is 1. The number of carbonyl (C=O) groups excluding carboxylic acids is 1. The third-order valence-corrected chi connectivity index (χ3v) is 4.99. The molecule has 0 bridgehead atoms. The summed E-state index contributed by atoms with van der Waals surface area (Å²) >= 11 is 0. The minimum absolute atomic E-state index is 0.126. The molecule has 1 unspecified atom stereocenters. The summed E-state index contributed by atoms with van der Waals surface area (Å²) in [6.07, 6.45) is 0.703. The SMILES string of the molecule is COc1ccc(C)cc1CCNC(=O)NC(c1ccc2c(c1)OCCO2)C(C)C. The smallest absolute Gasteiger partial charge is 0.315 e. The molecule has 0 spiro atoms. The van der Waals surface area contributed by atoms with Gasteiger partial charge in [-0.25, -0.2) is 4.79 Å². The lowest BCUT2D eigenvalue weighted by Crippen LogP contribution is -2.40. The minimum Gasteiger partial charge on any atom is -0.496 e. The molecule has 2 N–H and O–H groups in total. The Morgan fingerprint density at radius 3 is 2.59 bits per heavy atom. The summed E-state index contributed by atoms with van der Waals surface area (Å²) < 4.78 is 16.7. The topological polar surface area (TPSA) is 68.8 Å². The number of nitrogens with one attached hydrogen (secondary N) is 2. The van der Waals surface area contributed by atoms with Crippen LogP contribution in [0.1, 0.15) is 36.6 Å². The zero-order chi connectivity index (χ0) is 20.8. The second kappa shape index (κ2) is 9.54. The molecule has 2 amide bonds. The van der Waals surface area contributed by atoms with Crippen LogP contribution in [0.2, 0.25) is 0 Å². The molecule has 1 heterocycles. The fourth-order valence-electron chi connectivity index (χ4n) is 3.49. The van der Waals surface area contributed by atoms with Crippen LogP contribution in [0.15, 0.2) is 36.4 Å². The van der Waals surface area contributed by atoms with Gasteiger partial charge < -0.3 is 24.8 Å². The van der Waals surface area contributed by atoms with Crippen LogP contribution in [0, 0.1) is 12.8 Å². The van der Waals surface area contributed by atoms with Gasteiger partial charge in [0.1, 0.15) is 19.0 Å². The van der Waals surface area contributed by atoms with E-state index in [0.29, 0.717) is 26.2 Å². The molecule has 6 heteroatoms. The van der Waals surface area contributed by atoms with Crippen LogP contribution < -0.4 is 24.8 Å². The average Bonchev–Trinajstić information content (AvgIpc) is 2.71. The lowest BCUT2D eigenvalue weighted by Gasteiger charge is -2.25. The van der Waals surface area contributed by atoms with Crippen molar-refractivity contribution in [2.45, 2.75) is 33.2 Å². The van der Waals surface area contributed by atoms with Gasteiger partial charge in [-0.3, -0.25) is 0 Å². The van der Waals surface area contributed by atoms with Crippen LogP contribution in [-0.4, -0.2) is 32.9 Å². The van der Waals surface area contributed by atoms with Gasteiger partial charge in [-0.2, -0.15) is 0 Å². The fourth-order valence-corrected chi connectivity index (χ4v) is 3.49. The van der Waals surface area contributed by atoms with Crippen LogP contribution in [0.5, 0.6) is 17.2 Å². The Labute approximate surface area is 172 Å². The largest absolute Gasteiger partial charge is 0.496 e. The molecule has 29 heavy (non-hydrogen) atoms. The van der Waals surface area contributed by atoms with E-state index in [1.807, 2.05) is 37.3 Å². The third kappa shape index (κ3) is 5.34. The Kier molecular flexibility index (Phi) is 6.86. The van der Waals surface area contributed by atoms with E-state index in [0.717, 1.165) is 28.4 Å². The highest BCUT2D eigenvalue weighted by molar-refractivity contribution is 5.74. The van der Waals surface area contributed by atoms with Gasteiger partial charge >= 0.3 is 6.03 Å². The number of urea groups is 1. The van der Waals surface area contributed by atoms with Crippen molar-refractivity contribution in [1.82, 2.24) is 10.6 Å². The number of benzene rings is 2. The summed E-state index contributed by atoms with van der Waals surface area (Å²) in [5.41, 5.74) is 3.25. The van der Waals surface area contributed by atoms with Crippen LogP contribution in [0.4, 0.5) is 4.79 Å². The quantitative estimate of drug-likeness (QED) is 0.739. The van der Waals surface area contributed by atoms with E-state index >= 15 is 0 Å². The summed E-state index contributed by atoms with van der Waals surface area (Å²) in [6.45, 7) is 7.84. The van der Waals surface area contributed by atoms with Crippen molar-refractivity contribution in [2.24, 2.45) is 5.92 Å². The lowest BCUT2D eigenvalue weighted by molar-refractivity contribution is 0.171. The van der Waals surface area contributed by atoms with Gasteiger partial charge in [-0.15, -0.1) is 0 Å². The number of aryl methyl sites for hydroxylation is 1. The van der Waals surface area contributed by atoms with Gasteiger partial charge in [-0.05, 0) is 48.6 Å². The monoisotopic (exact) mass is 398 g/mol. The number of rotatable bonds is 7. The summed E-state index contributed by atoms with van der Waals surface area (Å²) in [6, 6.07) is 11.6. The standard InChI is InChI=1S/C23H30N2O4/c1-15(2)22(18-6-8-20-21(14-18)29-12-11-28-20)25-23(26)24-10-9-17-13-16(3)5-7-19(17)27-4/h5-8,13-15,22H,9-12H2,1-4H3,(H2,24,25,26). The van der Waals surface area contributed by atoms with Gasteiger partial charge in [0.2, 0.25) is 0 Å². The maximum atomic E-state index is 12.5. The predicted molar refractivity (Wildman–Crippen MR) is 113 cm³/mol. The molecule has 2 aromatic carbocycles. The molecule has 1 aliphatic rings. The maximum absolute atomic E-state index is 12.5. The first kappa shape index (κ1) is 20.8. The summed E-state index contributed by atoms with van der Waals surface area (Å²) in [7, 11) is 1.66. The number of amides is 2. The second-order valence-electron chi connectivity index (χ2n) is 7.59. The number of methoxy groups -OCH3 is 1. The van der Waals surface area contributed by atoms with Gasteiger partial charge in [0.25, 0.3) is 0 Å². The minimum atomic E-state index is -0.190. The Balaban J connectivity index is 1.60. The van der Waals surface area contributed by atoms with Crippen molar-refractivity contribution in [1.29, 1.82) is 0 Å². The molecule has 1 atom stereocenters. The molecule has 0 aromatic heterocycles. The zero-order valence-corrected chi connectivity index (χ0v) is 17.6. The highest BCUT2D eigenvalue weighted by Gasteiger charge is 2.21. The van der Waals surface area contributed by atoms with Crippen molar-refractivity contribution in [2.75, 3.05) is 26.9 Å². The predicted octanol–water partition coefficient (Wildman–Crippen LogP) is 4.01. The molecular formula is C23H30N2O4. The van der Waals surface area contributed by atoms with Crippen molar-refractivity contribution < 1.29 is 19.0 Å². The highest BCUT2D eigenvalue weighted by Crippen LogP contribution is 2.34. The van der Waals surface area contributed by atoms with E-state index in [4.69, 9.17) is 14.2 Å². The number of hydrogen-bond acceptors (Lipinski definition) is 4. The molecule has 3 rings (SSSR count). The second-order valence-corrected chi connectivity index (χ2v) is 7.59. The normalized spacial score (nSPS) is 13.7. The molecule has 2 aromatic rings. The summed E-state index contributed by atoms with van der Waals surface area (Å²) in [4.78, 5) is 12.5. The number of hydrogen-bond donors (Lipinski definition) is 2. The average molecular weight is 399 g/mol. The van der Waals surface area contributed by atoms with Crippen LogP contribution in [0.3, 0.4) is 0 Å². The lowest BCUT2D eigenvalue weighted by atomic mass is 9.95. The Morgan fingerprint density at radius 1 is 1.10 bits per heavy atom. The molecule has 0 aliphatic carbocycles. The molecular weight excluding hydrogens is 368 g/mol. The van der Waals surface area contributed by atoms with Crippen molar-refractivity contribution >= 4 is 6.03 Å². The molecule has 0 radical (unpaired) electrons. The van der Waals surface area contributed by atoms with Crippen molar-refractivity contribution in [3.05, 3.63) is 53.1 Å². The van der Waals surface area contributed by atoms with Crippen LogP contribution in [0.25, 0.3) is 0 Å². The molecule has 156 valence electrons. The zero-order valence-electron chi connectivity index (χ0n) is 17.6. The molecule has 6 nitrogen and oxygen atoms in total. The molecule has 1 aliphatic heterocycles. The molecule has 0 fully saturated rings. The first-order chi connectivity index (χ1) is 14.0. The highest BCUT2D eigenvalue weighted by atomic mass is 16.6. The van der Waals surface area contributed by atoms with Gasteiger partial charge in [0, 0.05) is 6.54 Å². The Morgan fingerprint density at radius 2 is 1.86 bits per heavy atom. The van der Waals surface area contributed by atoms with E-state index in [-0.39, 0.29) is 18.0 Å². The van der Waals surface area contributed by atoms with E-state index in [9.17, 15) is 4.79 Å². The fraction of sp³-hybridized carbons (Fsp3) is 0.435. The van der Waals surface area contributed by atoms with Crippen LogP contribution >= 0.6 is 0 Å². The van der Waals surface area contributed by atoms with E-state index in [2.05, 4.69) is 30.5 Å². The van der Waals surface area contributed by atoms with E-state index < -0.39 is 0 Å². The Hall–Kier alpha value is -2.89.